The first kappa shape index (κ1) is 14.5. The molecule has 0 aromatic heterocycles. The van der Waals surface area contributed by atoms with Gasteiger partial charge < -0.3 is 5.32 Å². The molecule has 0 aliphatic heterocycles. The largest absolute Gasteiger partial charge is 0.310 e. The lowest BCUT2D eigenvalue weighted by molar-refractivity contribution is 0.528. The van der Waals surface area contributed by atoms with Crippen LogP contribution in [0.5, 0.6) is 0 Å². The lowest BCUT2D eigenvalue weighted by Gasteiger charge is -2.11. The van der Waals surface area contributed by atoms with Gasteiger partial charge in [-0.2, -0.15) is 0 Å². The van der Waals surface area contributed by atoms with Crippen molar-refractivity contribution in [2.45, 2.75) is 50.4 Å². The highest BCUT2D eigenvalue weighted by Crippen LogP contribution is 2.29. The zero-order valence-electron chi connectivity index (χ0n) is 10.7. The van der Waals surface area contributed by atoms with Crippen LogP contribution in [0.3, 0.4) is 0 Å². The van der Waals surface area contributed by atoms with Gasteiger partial charge in [-0.1, -0.05) is 27.7 Å². The Labute approximate surface area is 106 Å². The average Bonchev–Trinajstić information content (AvgIpc) is 2.20. The zero-order valence-corrected chi connectivity index (χ0v) is 11.5. The molecule has 96 valence electrons. The van der Waals surface area contributed by atoms with Gasteiger partial charge in [0.2, 0.25) is 0 Å². The predicted octanol–water partition coefficient (Wildman–Crippen LogP) is 3.96. The van der Waals surface area contributed by atoms with E-state index >= 15 is 0 Å². The van der Waals surface area contributed by atoms with Gasteiger partial charge in [0.25, 0.3) is 0 Å². The quantitative estimate of drug-likeness (QED) is 0.803. The molecule has 0 atom stereocenters. The van der Waals surface area contributed by atoms with Crippen LogP contribution in [-0.2, 0) is 6.54 Å². The highest BCUT2D eigenvalue weighted by Gasteiger charge is 2.13. The Morgan fingerprint density at radius 2 is 1.65 bits per heavy atom. The summed E-state index contributed by atoms with van der Waals surface area (Å²) in [5, 5.41) is 3.30. The summed E-state index contributed by atoms with van der Waals surface area (Å²) in [6, 6.07) is 3.11. The van der Waals surface area contributed by atoms with Gasteiger partial charge in [-0.25, -0.2) is 8.78 Å². The monoisotopic (exact) mass is 259 g/mol. The molecule has 0 heterocycles. The minimum atomic E-state index is -0.468. The fourth-order valence-corrected chi connectivity index (χ4v) is 2.20. The third-order valence-electron chi connectivity index (χ3n) is 2.13. The van der Waals surface area contributed by atoms with E-state index in [4.69, 9.17) is 0 Å². The first-order valence-corrected chi connectivity index (χ1v) is 6.66. The Morgan fingerprint density at radius 1 is 1.12 bits per heavy atom. The fourth-order valence-electron chi connectivity index (χ4n) is 1.38. The standard InChI is InChI=1S/C13H19F2NS/c1-8(2)16-7-10-5-11(14)13(12(15)6-10)17-9(3)4/h5-6,8-9,16H,7H2,1-4H3. The molecule has 4 heteroatoms. The van der Waals surface area contributed by atoms with Crippen molar-refractivity contribution in [1.29, 1.82) is 0 Å². The van der Waals surface area contributed by atoms with Crippen LogP contribution in [0.2, 0.25) is 0 Å². The van der Waals surface area contributed by atoms with Gasteiger partial charge in [0, 0.05) is 17.8 Å². The summed E-state index contributed by atoms with van der Waals surface area (Å²) in [5.74, 6) is -0.937. The predicted molar refractivity (Wildman–Crippen MR) is 69.3 cm³/mol. The molecule has 0 radical (unpaired) electrons. The third-order valence-corrected chi connectivity index (χ3v) is 3.22. The van der Waals surface area contributed by atoms with Crippen molar-refractivity contribution in [3.63, 3.8) is 0 Å². The lowest BCUT2D eigenvalue weighted by atomic mass is 10.2. The summed E-state index contributed by atoms with van der Waals surface area (Å²) in [7, 11) is 0. The molecule has 0 unspecified atom stereocenters. The van der Waals surface area contributed by atoms with Crippen LogP contribution in [0.4, 0.5) is 8.78 Å². The fraction of sp³-hybridized carbons (Fsp3) is 0.538. The first-order valence-electron chi connectivity index (χ1n) is 5.78. The van der Waals surface area contributed by atoms with Gasteiger partial charge in [-0.15, -0.1) is 11.8 Å². The third kappa shape index (κ3) is 4.64. The Balaban J connectivity index is 2.85. The average molecular weight is 259 g/mol. The van der Waals surface area contributed by atoms with E-state index in [9.17, 15) is 8.78 Å². The van der Waals surface area contributed by atoms with Crippen molar-refractivity contribution in [3.8, 4) is 0 Å². The summed E-state index contributed by atoms with van der Waals surface area (Å²) in [4.78, 5) is 0.119. The van der Waals surface area contributed by atoms with Crippen molar-refractivity contribution in [1.82, 2.24) is 5.32 Å². The molecule has 0 saturated carbocycles. The molecule has 0 fully saturated rings. The Bertz CT molecular complexity index is 355. The molecule has 17 heavy (non-hydrogen) atoms. The van der Waals surface area contributed by atoms with E-state index in [2.05, 4.69) is 5.32 Å². The van der Waals surface area contributed by atoms with E-state index in [1.165, 1.54) is 23.9 Å². The molecular formula is C13H19F2NS. The number of hydrogen-bond donors (Lipinski definition) is 1. The van der Waals surface area contributed by atoms with Crippen LogP contribution >= 0.6 is 11.8 Å². The lowest BCUT2D eigenvalue weighted by Crippen LogP contribution is -2.22. The minimum Gasteiger partial charge on any atom is -0.310 e. The summed E-state index contributed by atoms with van der Waals surface area (Å²) in [6.07, 6.45) is 0. The molecule has 0 amide bonds. The molecule has 0 aliphatic carbocycles. The molecule has 1 rings (SSSR count). The molecule has 1 N–H and O–H groups in total. The molecular weight excluding hydrogens is 240 g/mol. The van der Waals surface area contributed by atoms with Crippen molar-refractivity contribution in [2.75, 3.05) is 0 Å². The second-order valence-electron chi connectivity index (χ2n) is 4.59. The number of rotatable bonds is 5. The van der Waals surface area contributed by atoms with Gasteiger partial charge >= 0.3 is 0 Å². The van der Waals surface area contributed by atoms with E-state index in [0.717, 1.165) is 0 Å². The number of hydrogen-bond acceptors (Lipinski definition) is 2. The summed E-state index contributed by atoms with van der Waals surface area (Å²) >= 11 is 1.21. The Hall–Kier alpha value is -0.610. The van der Waals surface area contributed by atoms with Crippen molar-refractivity contribution in [3.05, 3.63) is 29.3 Å². The molecule has 1 aromatic rings. The normalized spacial score (nSPS) is 11.5. The van der Waals surface area contributed by atoms with Crippen molar-refractivity contribution >= 4 is 11.8 Å². The van der Waals surface area contributed by atoms with Crippen molar-refractivity contribution < 1.29 is 8.78 Å². The number of halogens is 2. The second kappa shape index (κ2) is 6.36. The number of thioether (sulfide) groups is 1. The topological polar surface area (TPSA) is 12.0 Å². The Kier molecular flexibility index (Phi) is 5.40. The van der Waals surface area contributed by atoms with Crippen LogP contribution in [0.15, 0.2) is 17.0 Å². The van der Waals surface area contributed by atoms with E-state index in [1.807, 2.05) is 27.7 Å². The van der Waals surface area contributed by atoms with E-state index < -0.39 is 11.6 Å². The number of benzene rings is 1. The molecule has 0 bridgehead atoms. The minimum absolute atomic E-state index is 0.119. The van der Waals surface area contributed by atoms with Crippen LogP contribution in [0.25, 0.3) is 0 Å². The van der Waals surface area contributed by atoms with Crippen LogP contribution in [0, 0.1) is 11.6 Å². The van der Waals surface area contributed by atoms with E-state index in [1.54, 1.807) is 0 Å². The van der Waals surface area contributed by atoms with E-state index in [0.29, 0.717) is 18.2 Å². The van der Waals surface area contributed by atoms with Crippen LogP contribution < -0.4 is 5.32 Å². The maximum atomic E-state index is 13.7. The molecule has 1 nitrogen and oxygen atoms in total. The van der Waals surface area contributed by atoms with Crippen LogP contribution in [0.1, 0.15) is 33.3 Å². The van der Waals surface area contributed by atoms with Gasteiger partial charge in [0.05, 0.1) is 4.90 Å². The van der Waals surface area contributed by atoms with Gasteiger partial charge in [-0.05, 0) is 17.7 Å². The summed E-state index contributed by atoms with van der Waals surface area (Å²) in [6.45, 7) is 8.30. The first-order chi connectivity index (χ1) is 7.90. The van der Waals surface area contributed by atoms with Gasteiger partial charge in [-0.3, -0.25) is 0 Å². The highest BCUT2D eigenvalue weighted by molar-refractivity contribution is 7.99. The SMILES string of the molecule is CC(C)NCc1cc(F)c(SC(C)C)c(F)c1. The molecule has 0 saturated heterocycles. The number of nitrogens with one attached hydrogen (secondary N) is 1. The van der Waals surface area contributed by atoms with Gasteiger partial charge in [0.1, 0.15) is 11.6 Å². The maximum absolute atomic E-state index is 13.7. The van der Waals surface area contributed by atoms with Crippen LogP contribution in [-0.4, -0.2) is 11.3 Å². The molecule has 1 aromatic carbocycles. The van der Waals surface area contributed by atoms with E-state index in [-0.39, 0.29) is 10.1 Å². The maximum Gasteiger partial charge on any atom is 0.140 e. The summed E-state index contributed by atoms with van der Waals surface area (Å²) in [5.41, 5.74) is 0.641. The summed E-state index contributed by atoms with van der Waals surface area (Å²) < 4.78 is 27.4. The highest BCUT2D eigenvalue weighted by atomic mass is 32.2. The Morgan fingerprint density at radius 3 is 2.06 bits per heavy atom. The molecule has 0 aliphatic rings. The van der Waals surface area contributed by atoms with Gasteiger partial charge in [0.15, 0.2) is 0 Å². The van der Waals surface area contributed by atoms with Crippen molar-refractivity contribution in [2.24, 2.45) is 0 Å². The second-order valence-corrected chi connectivity index (χ2v) is 6.18. The smallest absolute Gasteiger partial charge is 0.140 e. The zero-order chi connectivity index (χ0) is 13.0. The molecule has 0 spiro atoms.